The molecular weight excluding hydrogens is 765 g/mol. The van der Waals surface area contributed by atoms with E-state index in [4.69, 9.17) is 14.9 Å². The summed E-state index contributed by atoms with van der Waals surface area (Å²) >= 11 is 0. The lowest BCUT2D eigenvalue weighted by molar-refractivity contribution is -0.147. The Balaban J connectivity index is 4.16. The molecule has 0 aliphatic rings. The predicted molar refractivity (Wildman–Crippen MR) is 254 cm³/mol. The van der Waals surface area contributed by atoms with Gasteiger partial charge in [-0.25, -0.2) is 4.79 Å². The average Bonchev–Trinajstić information content (AvgIpc) is 3.25. The number of hydrogen-bond donors (Lipinski definition) is 4. The molecule has 0 fully saturated rings. The van der Waals surface area contributed by atoms with Gasteiger partial charge in [0.2, 0.25) is 11.8 Å². The van der Waals surface area contributed by atoms with Gasteiger partial charge in [-0.3, -0.25) is 14.4 Å². The number of hydrogen-bond acceptors (Lipinski definition) is 6. The average molecular weight is 857 g/mol. The fourth-order valence-electron chi connectivity index (χ4n) is 7.17. The van der Waals surface area contributed by atoms with Crippen LogP contribution >= 0.6 is 0 Å². The van der Waals surface area contributed by atoms with Gasteiger partial charge < -0.3 is 25.6 Å². The number of esters is 1. The first-order valence-electron chi connectivity index (χ1n) is 25.0. The molecule has 4 N–H and O–H groups in total. The van der Waals surface area contributed by atoms with Crippen molar-refractivity contribution in [1.29, 1.82) is 0 Å². The van der Waals surface area contributed by atoms with Gasteiger partial charge in [0.05, 0.1) is 13.2 Å². The molecule has 0 aromatic heterocycles. The number of ether oxygens (including phenoxy) is 1. The van der Waals surface area contributed by atoms with E-state index in [-0.39, 0.29) is 24.5 Å². The number of carbonyl (C=O) groups excluding carboxylic acids is 3. The highest BCUT2D eigenvalue weighted by atomic mass is 16.5. The highest BCUT2D eigenvalue weighted by molar-refractivity contribution is 5.87. The lowest BCUT2D eigenvalue weighted by atomic mass is 10.0. The number of carbonyl (C=O) groups is 4. The minimum Gasteiger partial charge on any atom is -0.480 e. The number of carboxylic acids is 1. The minimum absolute atomic E-state index is 0.0946. The molecule has 0 bridgehead atoms. The van der Waals surface area contributed by atoms with Crippen molar-refractivity contribution in [1.82, 2.24) is 10.6 Å². The molecule has 0 rings (SSSR count). The van der Waals surface area contributed by atoms with Crippen LogP contribution in [0, 0.1) is 0 Å². The molecule has 0 spiro atoms. The van der Waals surface area contributed by atoms with Gasteiger partial charge >= 0.3 is 11.9 Å². The monoisotopic (exact) mass is 857 g/mol. The topological polar surface area (TPSA) is 142 Å². The van der Waals surface area contributed by atoms with E-state index in [9.17, 15) is 19.2 Å². The van der Waals surface area contributed by atoms with Crippen LogP contribution in [0.25, 0.3) is 0 Å². The molecule has 0 aromatic carbocycles. The van der Waals surface area contributed by atoms with Gasteiger partial charge in [0, 0.05) is 12.8 Å². The molecule has 2 amide bonds. The first kappa shape index (κ1) is 57.8. The summed E-state index contributed by atoms with van der Waals surface area (Å²) in [5.74, 6) is -2.34. The van der Waals surface area contributed by atoms with E-state index in [1.54, 1.807) is 0 Å². The number of allylic oxidation sites excluding steroid dienone is 7. The van der Waals surface area contributed by atoms with Crippen LogP contribution in [0.4, 0.5) is 0 Å². The second-order valence-corrected chi connectivity index (χ2v) is 16.9. The van der Waals surface area contributed by atoms with E-state index in [2.05, 4.69) is 73.1 Å². The number of nitrogens with one attached hydrogen (secondary N) is 2. The van der Waals surface area contributed by atoms with Gasteiger partial charge in [-0.1, -0.05) is 185 Å². The van der Waals surface area contributed by atoms with Crippen LogP contribution in [0.5, 0.6) is 0 Å². The number of aliphatic carboxylic acids is 1. The summed E-state index contributed by atoms with van der Waals surface area (Å²) in [6, 6.07) is -1.38. The first-order valence-corrected chi connectivity index (χ1v) is 25.0. The summed E-state index contributed by atoms with van der Waals surface area (Å²) in [4.78, 5) is 47.6. The molecule has 0 radical (unpaired) electrons. The Morgan fingerprint density at radius 2 is 0.934 bits per heavy atom. The smallest absolute Gasteiger partial charge is 0.328 e. The van der Waals surface area contributed by atoms with Gasteiger partial charge in [0.25, 0.3) is 0 Å². The van der Waals surface area contributed by atoms with Gasteiger partial charge in [0.15, 0.2) is 0 Å². The third-order valence-corrected chi connectivity index (χ3v) is 11.0. The number of rotatable bonds is 45. The Bertz CT molecular complexity index is 1160. The second-order valence-electron chi connectivity index (χ2n) is 16.9. The highest BCUT2D eigenvalue weighted by Crippen LogP contribution is 2.16. The molecule has 2 atom stereocenters. The van der Waals surface area contributed by atoms with Crippen LogP contribution in [0.2, 0.25) is 0 Å². The molecule has 0 heterocycles. The van der Waals surface area contributed by atoms with Crippen LogP contribution in [-0.4, -0.2) is 59.3 Å². The van der Waals surface area contributed by atoms with Crippen LogP contribution in [0.1, 0.15) is 232 Å². The molecule has 0 saturated heterocycles. The zero-order valence-electron chi connectivity index (χ0n) is 39.2. The van der Waals surface area contributed by atoms with Crippen molar-refractivity contribution in [3.05, 3.63) is 48.6 Å². The lowest BCUT2D eigenvalue weighted by Gasteiger charge is -2.15. The van der Waals surface area contributed by atoms with E-state index < -0.39 is 24.5 Å². The number of carboxylic acid groups (broad SMARTS) is 1. The summed E-state index contributed by atoms with van der Waals surface area (Å²) in [5.41, 5.74) is 0. The molecule has 0 aromatic rings. The van der Waals surface area contributed by atoms with Crippen molar-refractivity contribution >= 4 is 23.8 Å². The molecule has 0 saturated carbocycles. The Labute approximate surface area is 373 Å². The molecule has 9 nitrogen and oxygen atoms in total. The van der Waals surface area contributed by atoms with Gasteiger partial charge in [0.1, 0.15) is 12.1 Å². The maximum absolute atomic E-state index is 12.8. The third kappa shape index (κ3) is 43.3. The van der Waals surface area contributed by atoms with Crippen LogP contribution in [-0.2, 0) is 23.9 Å². The van der Waals surface area contributed by atoms with Gasteiger partial charge in [-0.15, -0.1) is 0 Å². The molecule has 352 valence electrons. The lowest BCUT2D eigenvalue weighted by Crippen LogP contribution is -2.47. The van der Waals surface area contributed by atoms with E-state index in [0.29, 0.717) is 19.3 Å². The maximum Gasteiger partial charge on any atom is 0.328 e. The normalized spacial score (nSPS) is 12.8. The van der Waals surface area contributed by atoms with Gasteiger partial charge in [-0.2, -0.15) is 0 Å². The number of unbranched alkanes of at least 4 members (excludes halogenated alkanes) is 25. The largest absolute Gasteiger partial charge is 0.480 e. The predicted octanol–water partition coefficient (Wildman–Crippen LogP) is 13.1. The van der Waals surface area contributed by atoms with Crippen molar-refractivity contribution in [2.24, 2.45) is 0 Å². The second kappa shape index (κ2) is 46.3. The number of amides is 2. The van der Waals surface area contributed by atoms with E-state index in [1.807, 2.05) is 0 Å². The van der Waals surface area contributed by atoms with E-state index in [0.717, 1.165) is 70.6 Å². The minimum atomic E-state index is -1.38. The Hall–Kier alpha value is -3.20. The van der Waals surface area contributed by atoms with E-state index >= 15 is 0 Å². The van der Waals surface area contributed by atoms with Crippen molar-refractivity contribution in [3.8, 4) is 0 Å². The van der Waals surface area contributed by atoms with Crippen molar-refractivity contribution in [3.63, 3.8) is 0 Å². The zero-order valence-corrected chi connectivity index (χ0v) is 39.2. The maximum atomic E-state index is 12.8. The molecule has 61 heavy (non-hydrogen) atoms. The number of aliphatic hydroxyl groups is 1. The van der Waals surface area contributed by atoms with Crippen LogP contribution in [0.15, 0.2) is 48.6 Å². The fourth-order valence-corrected chi connectivity index (χ4v) is 7.17. The molecule has 0 aliphatic carbocycles. The first-order chi connectivity index (χ1) is 29.8. The summed E-state index contributed by atoms with van der Waals surface area (Å²) in [6.07, 6.45) is 56.0. The summed E-state index contributed by atoms with van der Waals surface area (Å²) in [5, 5.41) is 22.5. The zero-order chi connectivity index (χ0) is 44.7. The summed E-state index contributed by atoms with van der Waals surface area (Å²) in [6.45, 7) is 3.46. The molecule has 9 heteroatoms. The molecular formula is C52H92N2O7. The highest BCUT2D eigenvalue weighted by Gasteiger charge is 2.18. The Morgan fingerprint density at radius 1 is 0.508 bits per heavy atom. The van der Waals surface area contributed by atoms with Crippen molar-refractivity contribution in [2.45, 2.75) is 244 Å². The van der Waals surface area contributed by atoms with Crippen molar-refractivity contribution < 1.29 is 34.1 Å². The third-order valence-electron chi connectivity index (χ3n) is 11.0. The van der Waals surface area contributed by atoms with Gasteiger partial charge in [-0.05, 0) is 83.1 Å². The SMILES string of the molecule is CCCCCC/C=C\C/C=C\C(CCCCCCCCC(=O)NCC(=O)NC(CO)C(=O)O)OC(=O)CCCCCCCCCCCCC/C=C\C/C=C\CCCCCCC. The van der Waals surface area contributed by atoms with Crippen LogP contribution < -0.4 is 10.6 Å². The van der Waals surface area contributed by atoms with E-state index in [1.165, 1.54) is 128 Å². The number of aliphatic hydroxyl groups excluding tert-OH is 1. The van der Waals surface area contributed by atoms with Crippen LogP contribution in [0.3, 0.4) is 0 Å². The summed E-state index contributed by atoms with van der Waals surface area (Å²) < 4.78 is 5.95. The molecule has 0 aliphatic heterocycles. The Morgan fingerprint density at radius 3 is 1.43 bits per heavy atom. The quantitative estimate of drug-likeness (QED) is 0.0271. The summed E-state index contributed by atoms with van der Waals surface area (Å²) in [7, 11) is 0. The molecule has 2 unspecified atom stereocenters. The van der Waals surface area contributed by atoms with Crippen molar-refractivity contribution in [2.75, 3.05) is 13.2 Å². The Kier molecular flexibility index (Phi) is 43.9. The fraction of sp³-hybridized carbons (Fsp3) is 0.769. The standard InChI is InChI=1S/C52H92N2O7/c1-3-5-7-9-11-13-14-15-16-17-18-19-20-21-22-23-24-25-26-28-30-36-40-44-51(58)61-47(41-37-33-29-27-12-10-8-6-4-2)42-38-34-31-32-35-39-43-49(56)53-45-50(57)54-48(46-55)52(59)60/h14-15,17-18,27,29,37,41,47-48,55H,3-13,16,19-26,28,30-36,38-40,42-46H2,1-2H3,(H,53,56)(H,54,57)(H,59,60)/b15-14-,18-17-,29-27-,41-37-.